The Morgan fingerprint density at radius 1 is 1.06 bits per heavy atom. The summed E-state index contributed by atoms with van der Waals surface area (Å²) in [6.45, 7) is 0. The normalized spacial score (nSPS) is 11.7. The largest absolute Gasteiger partial charge is 0.435 e. The van der Waals surface area contributed by atoms with Crippen LogP contribution >= 0.6 is 0 Å². The summed E-state index contributed by atoms with van der Waals surface area (Å²) in [5, 5.41) is 0. The van der Waals surface area contributed by atoms with Gasteiger partial charge >= 0.3 is 6.18 Å². The fourth-order valence-corrected chi connectivity index (χ4v) is 1.30. The topological polar surface area (TPSA) is 42.9 Å². The Labute approximate surface area is 87.9 Å². The molecule has 0 aliphatic rings. The fourth-order valence-electron chi connectivity index (χ4n) is 1.30. The van der Waals surface area contributed by atoms with Crippen molar-refractivity contribution in [2.24, 2.45) is 0 Å². The van der Waals surface area contributed by atoms with Gasteiger partial charge in [-0.05, 0) is 12.1 Å². The molecule has 0 unspecified atom stereocenters. The Hall–Kier alpha value is -1.98. The Balaban J connectivity index is 2.77. The van der Waals surface area contributed by atoms with Crippen LogP contribution in [-0.4, -0.2) is 16.3 Å². The van der Waals surface area contributed by atoms with Gasteiger partial charge in [-0.15, -0.1) is 0 Å². The number of fused-ring (bicyclic) bond motifs is 1. The highest BCUT2D eigenvalue weighted by Crippen LogP contribution is 2.30. The van der Waals surface area contributed by atoms with E-state index in [-0.39, 0.29) is 17.3 Å². The Kier molecular flexibility index (Phi) is 2.34. The molecule has 0 saturated carbocycles. The van der Waals surface area contributed by atoms with Gasteiger partial charge in [-0.25, -0.2) is 9.97 Å². The van der Waals surface area contributed by atoms with Crippen LogP contribution in [0.2, 0.25) is 0 Å². The highest BCUT2D eigenvalue weighted by molar-refractivity contribution is 5.81. The predicted molar refractivity (Wildman–Crippen MR) is 49.9 cm³/mol. The van der Waals surface area contributed by atoms with Crippen LogP contribution in [0.25, 0.3) is 11.0 Å². The summed E-state index contributed by atoms with van der Waals surface area (Å²) < 4.78 is 37.5. The maximum atomic E-state index is 12.5. The number of carbonyl (C=O) groups excluding carboxylic acids is 1. The summed E-state index contributed by atoms with van der Waals surface area (Å²) in [6.07, 6.45) is -4.62. The zero-order valence-electron chi connectivity index (χ0n) is 7.82. The quantitative estimate of drug-likeness (QED) is 0.701. The van der Waals surface area contributed by atoms with E-state index in [1.54, 1.807) is 12.1 Å². The maximum Gasteiger partial charge on any atom is 0.435 e. The molecule has 0 spiro atoms. The van der Waals surface area contributed by atoms with E-state index in [9.17, 15) is 18.0 Å². The van der Waals surface area contributed by atoms with E-state index in [0.717, 1.165) is 0 Å². The summed E-state index contributed by atoms with van der Waals surface area (Å²) in [6, 6.07) is 6.07. The lowest BCUT2D eigenvalue weighted by Crippen LogP contribution is -2.13. The van der Waals surface area contributed by atoms with Gasteiger partial charge < -0.3 is 0 Å². The summed E-state index contributed by atoms with van der Waals surface area (Å²) in [7, 11) is 0. The van der Waals surface area contributed by atoms with Gasteiger partial charge in [0.05, 0.1) is 11.0 Å². The van der Waals surface area contributed by atoms with Crippen LogP contribution in [0, 0.1) is 0 Å². The summed E-state index contributed by atoms with van der Waals surface area (Å²) in [5.74, 6) is 0. The molecule has 1 aromatic carbocycles. The summed E-state index contributed by atoms with van der Waals surface area (Å²) in [4.78, 5) is 17.5. The average molecular weight is 226 g/mol. The van der Waals surface area contributed by atoms with E-state index < -0.39 is 17.6 Å². The zero-order chi connectivity index (χ0) is 11.8. The van der Waals surface area contributed by atoms with Crippen LogP contribution in [0.4, 0.5) is 13.2 Å². The number of nitrogens with zero attached hydrogens (tertiary/aromatic N) is 2. The Bertz CT molecular complexity index is 551. The number of carbonyl (C=O) groups is 1. The minimum absolute atomic E-state index is 0.0578. The number of hydrogen-bond acceptors (Lipinski definition) is 3. The lowest BCUT2D eigenvalue weighted by molar-refractivity contribution is -0.141. The molecule has 1 aromatic heterocycles. The first-order valence-corrected chi connectivity index (χ1v) is 4.31. The van der Waals surface area contributed by atoms with Crippen molar-refractivity contribution >= 4 is 17.3 Å². The molecule has 0 radical (unpaired) electrons. The molecule has 0 atom stereocenters. The SMILES string of the molecule is O=Cc1nc2ccccc2nc1C(F)(F)F. The van der Waals surface area contributed by atoms with E-state index in [2.05, 4.69) is 9.97 Å². The zero-order valence-corrected chi connectivity index (χ0v) is 7.82. The van der Waals surface area contributed by atoms with E-state index >= 15 is 0 Å². The Morgan fingerprint density at radius 3 is 2.12 bits per heavy atom. The van der Waals surface area contributed by atoms with Gasteiger partial charge in [0.15, 0.2) is 12.0 Å². The van der Waals surface area contributed by atoms with Crippen LogP contribution in [0.1, 0.15) is 16.2 Å². The van der Waals surface area contributed by atoms with Gasteiger partial charge in [0.25, 0.3) is 0 Å². The molecule has 0 saturated heterocycles. The molecule has 0 amide bonds. The monoisotopic (exact) mass is 226 g/mol. The van der Waals surface area contributed by atoms with E-state index in [0.29, 0.717) is 0 Å². The second kappa shape index (κ2) is 3.55. The Morgan fingerprint density at radius 2 is 1.62 bits per heavy atom. The number of benzene rings is 1. The molecule has 16 heavy (non-hydrogen) atoms. The van der Waals surface area contributed by atoms with Crippen molar-refractivity contribution in [2.75, 3.05) is 0 Å². The van der Waals surface area contributed by atoms with Crippen molar-refractivity contribution in [3.05, 3.63) is 35.7 Å². The number of para-hydroxylation sites is 2. The lowest BCUT2D eigenvalue weighted by Gasteiger charge is -2.08. The van der Waals surface area contributed by atoms with Crippen LogP contribution in [-0.2, 0) is 6.18 Å². The molecule has 2 rings (SSSR count). The standard InChI is InChI=1S/C10H5F3N2O/c11-10(12,13)9-8(5-16)14-6-3-1-2-4-7(6)15-9/h1-5H. The molecule has 0 bridgehead atoms. The molecule has 6 heteroatoms. The molecule has 82 valence electrons. The third-order valence-electron chi connectivity index (χ3n) is 1.98. The molecular weight excluding hydrogens is 221 g/mol. The van der Waals surface area contributed by atoms with Crippen LogP contribution in [0.15, 0.2) is 24.3 Å². The highest BCUT2D eigenvalue weighted by atomic mass is 19.4. The van der Waals surface area contributed by atoms with Crippen molar-refractivity contribution in [2.45, 2.75) is 6.18 Å². The first-order valence-electron chi connectivity index (χ1n) is 4.31. The smallest absolute Gasteiger partial charge is 0.296 e. The number of rotatable bonds is 1. The van der Waals surface area contributed by atoms with Crippen molar-refractivity contribution in [3.63, 3.8) is 0 Å². The van der Waals surface area contributed by atoms with E-state index in [1.165, 1.54) is 12.1 Å². The van der Waals surface area contributed by atoms with Gasteiger partial charge in [-0.3, -0.25) is 4.79 Å². The number of halogens is 3. The lowest BCUT2D eigenvalue weighted by atomic mass is 10.2. The number of aromatic nitrogens is 2. The number of aldehydes is 1. The van der Waals surface area contributed by atoms with Gasteiger partial charge in [0, 0.05) is 0 Å². The first kappa shape index (κ1) is 10.5. The van der Waals surface area contributed by atoms with Gasteiger partial charge in [-0.2, -0.15) is 13.2 Å². The van der Waals surface area contributed by atoms with Crippen molar-refractivity contribution in [3.8, 4) is 0 Å². The molecule has 0 aliphatic carbocycles. The van der Waals surface area contributed by atoms with Crippen molar-refractivity contribution < 1.29 is 18.0 Å². The molecular formula is C10H5F3N2O. The number of hydrogen-bond donors (Lipinski definition) is 0. The molecule has 1 heterocycles. The summed E-state index contributed by atoms with van der Waals surface area (Å²) in [5.41, 5.74) is -1.56. The van der Waals surface area contributed by atoms with Crippen LogP contribution in [0.5, 0.6) is 0 Å². The predicted octanol–water partition coefficient (Wildman–Crippen LogP) is 2.46. The molecule has 0 aliphatic heterocycles. The van der Waals surface area contributed by atoms with Crippen LogP contribution < -0.4 is 0 Å². The van der Waals surface area contributed by atoms with Crippen molar-refractivity contribution in [1.29, 1.82) is 0 Å². The summed E-state index contributed by atoms with van der Waals surface area (Å²) >= 11 is 0. The minimum Gasteiger partial charge on any atom is -0.296 e. The molecule has 0 fully saturated rings. The second-order valence-electron chi connectivity index (χ2n) is 3.06. The maximum absolute atomic E-state index is 12.5. The van der Waals surface area contributed by atoms with Gasteiger partial charge in [-0.1, -0.05) is 12.1 Å². The highest BCUT2D eigenvalue weighted by Gasteiger charge is 2.36. The third kappa shape index (κ3) is 1.73. The van der Waals surface area contributed by atoms with Gasteiger partial charge in [0.1, 0.15) is 5.69 Å². The fraction of sp³-hybridized carbons (Fsp3) is 0.100. The first-order chi connectivity index (χ1) is 7.52. The third-order valence-corrected chi connectivity index (χ3v) is 1.98. The van der Waals surface area contributed by atoms with E-state index in [1.807, 2.05) is 0 Å². The molecule has 0 N–H and O–H groups in total. The molecule has 3 nitrogen and oxygen atoms in total. The second-order valence-corrected chi connectivity index (χ2v) is 3.06. The van der Waals surface area contributed by atoms with Crippen LogP contribution in [0.3, 0.4) is 0 Å². The average Bonchev–Trinajstić information content (AvgIpc) is 2.26. The van der Waals surface area contributed by atoms with E-state index in [4.69, 9.17) is 0 Å². The number of alkyl halides is 3. The minimum atomic E-state index is -4.67. The van der Waals surface area contributed by atoms with Crippen molar-refractivity contribution in [1.82, 2.24) is 9.97 Å². The molecule has 2 aromatic rings. The van der Waals surface area contributed by atoms with Gasteiger partial charge in [0.2, 0.25) is 0 Å².